The molecule has 2 heterocycles. The van der Waals surface area contributed by atoms with Crippen LogP contribution in [-0.4, -0.2) is 52.1 Å². The summed E-state index contributed by atoms with van der Waals surface area (Å²) in [5, 5.41) is 9.11. The summed E-state index contributed by atoms with van der Waals surface area (Å²) in [7, 11) is 4.97. The molecule has 40 heavy (non-hydrogen) atoms. The Labute approximate surface area is 234 Å². The summed E-state index contributed by atoms with van der Waals surface area (Å²) in [4.78, 5) is 23.6. The lowest BCUT2D eigenvalue weighted by Gasteiger charge is -2.28. The molecule has 4 aromatic rings. The molecule has 2 atom stereocenters. The van der Waals surface area contributed by atoms with Gasteiger partial charge in [-0.2, -0.15) is 0 Å². The van der Waals surface area contributed by atoms with Gasteiger partial charge in [-0.1, -0.05) is 23.8 Å². The third-order valence-electron chi connectivity index (χ3n) is 7.77. The van der Waals surface area contributed by atoms with Crippen molar-refractivity contribution in [2.75, 3.05) is 26.2 Å². The topological polar surface area (TPSA) is 104 Å². The van der Waals surface area contributed by atoms with E-state index in [1.807, 2.05) is 35.9 Å². The van der Waals surface area contributed by atoms with E-state index in [0.29, 0.717) is 35.8 Å². The standard InChI is InChI=1S/C30H36N6O4/c1-19-9-10-22(26(13-19)39-4)16-35(17-23-11-12-25(38-3)15-27(23)40-5)29-28-30(32-18-31-29)36(34-33-28)24-8-6-7-21(14-24)20(2)37/h9-13,15,18,21,24H,6-8,14,16-17H2,1-5H3. The van der Waals surface area contributed by atoms with Crippen LogP contribution in [-0.2, 0) is 17.9 Å². The Hall–Kier alpha value is -4.21. The fourth-order valence-corrected chi connectivity index (χ4v) is 5.57. The van der Waals surface area contributed by atoms with Crippen molar-refractivity contribution < 1.29 is 19.0 Å². The van der Waals surface area contributed by atoms with Gasteiger partial charge in [-0.05, 0) is 56.9 Å². The Morgan fingerprint density at radius 2 is 1.70 bits per heavy atom. The molecule has 0 spiro atoms. The monoisotopic (exact) mass is 544 g/mol. The highest BCUT2D eigenvalue weighted by Crippen LogP contribution is 2.36. The highest BCUT2D eigenvalue weighted by atomic mass is 16.5. The second kappa shape index (κ2) is 11.9. The Morgan fingerprint density at radius 3 is 2.40 bits per heavy atom. The van der Waals surface area contributed by atoms with E-state index >= 15 is 0 Å². The molecule has 0 aliphatic heterocycles. The van der Waals surface area contributed by atoms with Crippen molar-refractivity contribution in [1.82, 2.24) is 25.0 Å². The number of nitrogens with zero attached hydrogens (tertiary/aromatic N) is 6. The highest BCUT2D eigenvalue weighted by Gasteiger charge is 2.29. The molecule has 1 fully saturated rings. The Balaban J connectivity index is 1.57. The Morgan fingerprint density at radius 1 is 0.975 bits per heavy atom. The molecular weight excluding hydrogens is 508 g/mol. The fourth-order valence-electron chi connectivity index (χ4n) is 5.57. The molecule has 0 bridgehead atoms. The number of carbonyl (C=O) groups excluding carboxylic acids is 1. The summed E-state index contributed by atoms with van der Waals surface area (Å²) in [6.45, 7) is 4.71. The van der Waals surface area contributed by atoms with Crippen molar-refractivity contribution in [2.45, 2.75) is 58.7 Å². The smallest absolute Gasteiger partial charge is 0.184 e. The number of benzene rings is 2. The van der Waals surface area contributed by atoms with Crippen LogP contribution in [0.5, 0.6) is 17.2 Å². The van der Waals surface area contributed by atoms with Crippen molar-refractivity contribution in [3.63, 3.8) is 0 Å². The maximum atomic E-state index is 12.1. The van der Waals surface area contributed by atoms with Crippen LogP contribution in [0.1, 0.15) is 55.3 Å². The van der Waals surface area contributed by atoms with Crippen molar-refractivity contribution in [2.24, 2.45) is 5.92 Å². The number of aryl methyl sites for hydroxylation is 1. The zero-order chi connectivity index (χ0) is 28.2. The molecule has 0 amide bonds. The summed E-state index contributed by atoms with van der Waals surface area (Å²) in [6.07, 6.45) is 5.15. The van der Waals surface area contributed by atoms with Gasteiger partial charge in [-0.15, -0.1) is 5.10 Å². The van der Waals surface area contributed by atoms with Gasteiger partial charge in [0, 0.05) is 36.2 Å². The number of Topliss-reactive ketones (excluding diaryl/α,β-unsaturated/α-hetero) is 1. The first-order valence-electron chi connectivity index (χ1n) is 13.6. The third-order valence-corrected chi connectivity index (χ3v) is 7.77. The van der Waals surface area contributed by atoms with Gasteiger partial charge in [0.05, 0.1) is 27.4 Å². The molecular formula is C30H36N6O4. The summed E-state index contributed by atoms with van der Waals surface area (Å²) >= 11 is 0. The predicted octanol–water partition coefficient (Wildman–Crippen LogP) is 5.08. The zero-order valence-corrected chi connectivity index (χ0v) is 23.8. The summed E-state index contributed by atoms with van der Waals surface area (Å²) in [5.41, 5.74) is 4.38. The largest absolute Gasteiger partial charge is 0.497 e. The van der Waals surface area contributed by atoms with Gasteiger partial charge in [0.2, 0.25) is 0 Å². The minimum atomic E-state index is 0.0485. The SMILES string of the molecule is COc1ccc(CN(Cc2ccc(C)cc2OC)c2ncnc3c2nnn3C2CCCC(C(C)=O)C2)c(OC)c1. The number of ether oxygens (including phenoxy) is 3. The first-order chi connectivity index (χ1) is 19.4. The van der Waals surface area contributed by atoms with Crippen molar-refractivity contribution in [3.8, 4) is 17.2 Å². The number of rotatable bonds is 10. The van der Waals surface area contributed by atoms with E-state index in [2.05, 4.69) is 32.3 Å². The normalized spacial score (nSPS) is 17.0. The molecule has 1 aliphatic carbocycles. The molecule has 2 aromatic heterocycles. The molecule has 10 nitrogen and oxygen atoms in total. The quantitative estimate of drug-likeness (QED) is 0.270. The van der Waals surface area contributed by atoms with Crippen LogP contribution in [0.25, 0.3) is 11.2 Å². The Bertz CT molecular complexity index is 1500. The van der Waals surface area contributed by atoms with Crippen molar-refractivity contribution in [1.29, 1.82) is 0 Å². The molecule has 1 aliphatic rings. The van der Waals surface area contributed by atoms with Crippen LogP contribution in [0.2, 0.25) is 0 Å². The number of carbonyl (C=O) groups is 1. The lowest BCUT2D eigenvalue weighted by atomic mass is 9.83. The second-order valence-corrected chi connectivity index (χ2v) is 10.4. The summed E-state index contributed by atoms with van der Waals surface area (Å²) in [5.74, 6) is 3.18. The van der Waals surface area contributed by atoms with Gasteiger partial charge in [0.15, 0.2) is 17.0 Å². The molecule has 0 radical (unpaired) electrons. The first-order valence-corrected chi connectivity index (χ1v) is 13.6. The average Bonchev–Trinajstić information content (AvgIpc) is 3.42. The van der Waals surface area contributed by atoms with E-state index in [1.165, 1.54) is 0 Å². The van der Waals surface area contributed by atoms with E-state index in [4.69, 9.17) is 19.2 Å². The predicted molar refractivity (Wildman–Crippen MR) is 152 cm³/mol. The first kappa shape index (κ1) is 27.4. The van der Waals surface area contributed by atoms with Crippen LogP contribution in [0, 0.1) is 12.8 Å². The van der Waals surface area contributed by atoms with E-state index < -0.39 is 0 Å². The van der Waals surface area contributed by atoms with Crippen LogP contribution in [0.3, 0.4) is 0 Å². The maximum absolute atomic E-state index is 12.1. The van der Waals surface area contributed by atoms with Gasteiger partial charge in [-0.25, -0.2) is 14.6 Å². The minimum Gasteiger partial charge on any atom is -0.497 e. The molecule has 10 heteroatoms. The number of fused-ring (bicyclic) bond motifs is 1. The van der Waals surface area contributed by atoms with Crippen molar-refractivity contribution >= 4 is 22.8 Å². The lowest BCUT2D eigenvalue weighted by molar-refractivity contribution is -0.122. The molecule has 2 unspecified atom stereocenters. The van der Waals surface area contributed by atoms with Crippen LogP contribution < -0.4 is 19.1 Å². The average molecular weight is 545 g/mol. The molecule has 210 valence electrons. The number of methoxy groups -OCH3 is 3. The van der Waals surface area contributed by atoms with Gasteiger partial charge in [0.1, 0.15) is 29.4 Å². The van der Waals surface area contributed by atoms with Gasteiger partial charge < -0.3 is 19.1 Å². The number of ketones is 1. The van der Waals surface area contributed by atoms with Gasteiger partial charge in [0.25, 0.3) is 0 Å². The number of anilines is 1. The summed E-state index contributed by atoms with van der Waals surface area (Å²) < 4.78 is 18.7. The molecule has 2 aromatic carbocycles. The molecule has 0 saturated heterocycles. The van der Waals surface area contributed by atoms with Crippen LogP contribution in [0.4, 0.5) is 5.82 Å². The van der Waals surface area contributed by atoms with E-state index in [1.54, 1.807) is 34.6 Å². The lowest BCUT2D eigenvalue weighted by Crippen LogP contribution is -2.25. The number of aromatic nitrogens is 5. The van der Waals surface area contributed by atoms with E-state index in [0.717, 1.165) is 53.9 Å². The maximum Gasteiger partial charge on any atom is 0.184 e. The zero-order valence-electron chi connectivity index (χ0n) is 23.8. The minimum absolute atomic E-state index is 0.0485. The Kier molecular flexibility index (Phi) is 8.14. The van der Waals surface area contributed by atoms with Gasteiger partial charge in [-0.3, -0.25) is 4.79 Å². The van der Waals surface area contributed by atoms with Gasteiger partial charge >= 0.3 is 0 Å². The fraction of sp³-hybridized carbons (Fsp3) is 0.433. The molecule has 5 rings (SSSR count). The molecule has 1 saturated carbocycles. The van der Waals surface area contributed by atoms with Crippen molar-refractivity contribution in [3.05, 3.63) is 59.4 Å². The van der Waals surface area contributed by atoms with Crippen LogP contribution >= 0.6 is 0 Å². The third kappa shape index (κ3) is 5.57. The highest BCUT2D eigenvalue weighted by molar-refractivity contribution is 5.83. The second-order valence-electron chi connectivity index (χ2n) is 10.4. The van der Waals surface area contributed by atoms with E-state index in [9.17, 15) is 4.79 Å². The summed E-state index contributed by atoms with van der Waals surface area (Å²) in [6, 6.07) is 12.0. The molecule has 0 N–H and O–H groups in total. The number of hydrogen-bond acceptors (Lipinski definition) is 9. The van der Waals surface area contributed by atoms with Crippen LogP contribution in [0.15, 0.2) is 42.7 Å². The number of hydrogen-bond donors (Lipinski definition) is 0. The van der Waals surface area contributed by atoms with E-state index in [-0.39, 0.29) is 17.7 Å².